The number of allylic oxidation sites excluding steroid dienone is 2. The monoisotopic (exact) mass is 168 g/mol. The smallest absolute Gasteiger partial charge is 0.0297 e. The molecule has 0 rings (SSSR count). The van der Waals surface area contributed by atoms with E-state index < -0.39 is 0 Å². The van der Waals surface area contributed by atoms with Crippen molar-refractivity contribution in [2.75, 3.05) is 0 Å². The summed E-state index contributed by atoms with van der Waals surface area (Å²) in [6.45, 7) is 9.11. The molecule has 0 heterocycles. The molecular weight excluding hydrogens is 144 g/mol. The van der Waals surface area contributed by atoms with Gasteiger partial charge in [0.1, 0.15) is 0 Å². The Morgan fingerprint density at radius 3 is 2.50 bits per heavy atom. The van der Waals surface area contributed by atoms with E-state index in [1.165, 1.54) is 32.1 Å². The molecule has 0 aliphatic carbocycles. The topological polar surface area (TPSA) is 0 Å². The maximum atomic E-state index is 2.41. The summed E-state index contributed by atoms with van der Waals surface area (Å²) >= 11 is 0. The van der Waals surface area contributed by atoms with E-state index in [4.69, 9.17) is 0 Å². The lowest BCUT2D eigenvalue weighted by atomic mass is 9.99. The molecule has 0 amide bonds. The van der Waals surface area contributed by atoms with Gasteiger partial charge in [0.05, 0.1) is 0 Å². The van der Waals surface area contributed by atoms with Crippen LogP contribution in [0.3, 0.4) is 0 Å². The van der Waals surface area contributed by atoms with Gasteiger partial charge in [-0.2, -0.15) is 0 Å². The first-order chi connectivity index (χ1) is 5.70. The van der Waals surface area contributed by atoms with E-state index in [-0.39, 0.29) is 0 Å². The minimum absolute atomic E-state index is 0.864. The molecule has 0 fully saturated rings. The second-order valence-electron chi connectivity index (χ2n) is 3.91. The van der Waals surface area contributed by atoms with Crippen LogP contribution < -0.4 is 0 Å². The van der Waals surface area contributed by atoms with Crippen LogP contribution in [0.4, 0.5) is 0 Å². The summed E-state index contributed by atoms with van der Waals surface area (Å²) in [5.41, 5.74) is 1.58. The van der Waals surface area contributed by atoms with Crippen LogP contribution in [0.2, 0.25) is 0 Å². The Hall–Kier alpha value is -0.260. The maximum absolute atomic E-state index is 2.41. The molecule has 0 aliphatic heterocycles. The molecule has 0 heteroatoms. The van der Waals surface area contributed by atoms with Gasteiger partial charge in [0.15, 0.2) is 0 Å². The molecule has 0 spiro atoms. The molecule has 0 aromatic heterocycles. The molecule has 0 aliphatic rings. The van der Waals surface area contributed by atoms with Crippen LogP contribution in [0.5, 0.6) is 0 Å². The van der Waals surface area contributed by atoms with Crippen molar-refractivity contribution in [1.82, 2.24) is 0 Å². The molecule has 0 aromatic rings. The van der Waals surface area contributed by atoms with Crippen molar-refractivity contribution >= 4 is 0 Å². The first kappa shape index (κ1) is 11.7. The van der Waals surface area contributed by atoms with Crippen molar-refractivity contribution < 1.29 is 0 Å². The van der Waals surface area contributed by atoms with E-state index in [2.05, 4.69) is 33.8 Å². The molecule has 0 saturated carbocycles. The van der Waals surface area contributed by atoms with Crippen LogP contribution in [-0.2, 0) is 0 Å². The predicted octanol–water partition coefficient (Wildman–Crippen LogP) is 4.56. The van der Waals surface area contributed by atoms with Crippen LogP contribution in [0.15, 0.2) is 11.6 Å². The molecule has 0 bridgehead atoms. The number of hydrogen-bond donors (Lipinski definition) is 0. The van der Waals surface area contributed by atoms with Crippen molar-refractivity contribution in [3.8, 4) is 0 Å². The fraction of sp³-hybridized carbons (Fsp3) is 0.833. The highest BCUT2D eigenvalue weighted by Gasteiger charge is 1.98. The van der Waals surface area contributed by atoms with Gasteiger partial charge in [0.25, 0.3) is 0 Å². The van der Waals surface area contributed by atoms with Crippen LogP contribution in [0.1, 0.15) is 59.8 Å². The third-order valence-electron chi connectivity index (χ3n) is 2.42. The summed E-state index contributed by atoms with van der Waals surface area (Å²) in [6, 6.07) is 0. The lowest BCUT2D eigenvalue weighted by Gasteiger charge is -2.07. The van der Waals surface area contributed by atoms with Crippen molar-refractivity contribution in [2.24, 2.45) is 5.92 Å². The highest BCUT2D eigenvalue weighted by Crippen LogP contribution is 2.14. The largest absolute Gasteiger partial charge is 0.0856 e. The van der Waals surface area contributed by atoms with Crippen LogP contribution in [0.25, 0.3) is 0 Å². The summed E-state index contributed by atoms with van der Waals surface area (Å²) in [5.74, 6) is 0.864. The van der Waals surface area contributed by atoms with Gasteiger partial charge in [-0.05, 0) is 25.7 Å². The first-order valence-corrected chi connectivity index (χ1v) is 5.36. The quantitative estimate of drug-likeness (QED) is 0.403. The zero-order chi connectivity index (χ0) is 9.40. The van der Waals surface area contributed by atoms with Gasteiger partial charge in [-0.15, -0.1) is 0 Å². The Morgan fingerprint density at radius 2 is 2.00 bits per heavy atom. The molecule has 0 saturated heterocycles. The van der Waals surface area contributed by atoms with Gasteiger partial charge < -0.3 is 0 Å². The highest BCUT2D eigenvalue weighted by atomic mass is 14.0. The van der Waals surface area contributed by atoms with Crippen molar-refractivity contribution in [3.05, 3.63) is 11.6 Å². The van der Waals surface area contributed by atoms with Crippen LogP contribution >= 0.6 is 0 Å². The van der Waals surface area contributed by atoms with E-state index in [0.29, 0.717) is 0 Å². The SMILES string of the molecule is CCCCC=C(C)CC(C)CC. The summed E-state index contributed by atoms with van der Waals surface area (Å²) in [7, 11) is 0. The summed E-state index contributed by atoms with van der Waals surface area (Å²) in [6.07, 6.45) is 8.94. The van der Waals surface area contributed by atoms with Crippen LogP contribution in [-0.4, -0.2) is 0 Å². The number of hydrogen-bond acceptors (Lipinski definition) is 0. The Balaban J connectivity index is 3.54. The minimum Gasteiger partial charge on any atom is -0.0856 e. The van der Waals surface area contributed by atoms with Gasteiger partial charge in [0, 0.05) is 0 Å². The van der Waals surface area contributed by atoms with E-state index in [0.717, 1.165) is 5.92 Å². The van der Waals surface area contributed by atoms with Gasteiger partial charge in [-0.1, -0.05) is 51.7 Å². The first-order valence-electron chi connectivity index (χ1n) is 5.36. The normalized spacial score (nSPS) is 14.8. The molecule has 0 radical (unpaired) electrons. The van der Waals surface area contributed by atoms with Crippen LogP contribution in [0, 0.1) is 5.92 Å². The summed E-state index contributed by atoms with van der Waals surface area (Å²) < 4.78 is 0. The standard InChI is InChI=1S/C12H24/c1-5-7-8-9-12(4)10-11(3)6-2/h9,11H,5-8,10H2,1-4H3. The number of unbranched alkanes of at least 4 members (excludes halogenated alkanes) is 2. The second-order valence-corrected chi connectivity index (χ2v) is 3.91. The maximum Gasteiger partial charge on any atom is -0.0297 e. The number of rotatable bonds is 6. The minimum atomic E-state index is 0.864. The lowest BCUT2D eigenvalue weighted by Crippen LogP contribution is -1.92. The summed E-state index contributed by atoms with van der Waals surface area (Å²) in [5, 5.41) is 0. The van der Waals surface area contributed by atoms with Gasteiger partial charge in [-0.3, -0.25) is 0 Å². The molecular formula is C12H24. The molecule has 0 nitrogen and oxygen atoms in total. The zero-order valence-electron chi connectivity index (χ0n) is 9.19. The third kappa shape index (κ3) is 6.45. The Labute approximate surface area is 78.1 Å². The predicted molar refractivity (Wildman–Crippen MR) is 57.4 cm³/mol. The van der Waals surface area contributed by atoms with Gasteiger partial charge >= 0.3 is 0 Å². The Morgan fingerprint density at radius 1 is 1.33 bits per heavy atom. The fourth-order valence-electron chi connectivity index (χ4n) is 1.33. The Bertz CT molecular complexity index is 122. The molecule has 1 unspecified atom stereocenters. The van der Waals surface area contributed by atoms with E-state index in [1.807, 2.05) is 0 Å². The van der Waals surface area contributed by atoms with Crippen molar-refractivity contribution in [1.29, 1.82) is 0 Å². The third-order valence-corrected chi connectivity index (χ3v) is 2.42. The average Bonchev–Trinajstić information content (AvgIpc) is 2.05. The molecule has 1 atom stereocenters. The van der Waals surface area contributed by atoms with Crippen molar-refractivity contribution in [2.45, 2.75) is 59.8 Å². The van der Waals surface area contributed by atoms with Gasteiger partial charge in [0.2, 0.25) is 0 Å². The Kier molecular flexibility index (Phi) is 7.23. The van der Waals surface area contributed by atoms with Crippen molar-refractivity contribution in [3.63, 3.8) is 0 Å². The lowest BCUT2D eigenvalue weighted by molar-refractivity contribution is 0.555. The van der Waals surface area contributed by atoms with Gasteiger partial charge in [-0.25, -0.2) is 0 Å². The summed E-state index contributed by atoms with van der Waals surface area (Å²) in [4.78, 5) is 0. The second kappa shape index (κ2) is 7.39. The molecule has 12 heavy (non-hydrogen) atoms. The molecule has 0 aromatic carbocycles. The molecule has 72 valence electrons. The van der Waals surface area contributed by atoms with E-state index in [1.54, 1.807) is 5.57 Å². The molecule has 0 N–H and O–H groups in total. The average molecular weight is 168 g/mol. The fourth-order valence-corrected chi connectivity index (χ4v) is 1.33. The highest BCUT2D eigenvalue weighted by molar-refractivity contribution is 4.98. The zero-order valence-corrected chi connectivity index (χ0v) is 9.19. The van der Waals surface area contributed by atoms with E-state index in [9.17, 15) is 0 Å². The van der Waals surface area contributed by atoms with E-state index >= 15 is 0 Å².